The molecule has 0 aliphatic heterocycles. The molecule has 0 fully saturated rings. The van der Waals surface area contributed by atoms with Crippen molar-refractivity contribution < 1.29 is 19.8 Å². The van der Waals surface area contributed by atoms with Crippen LogP contribution < -0.4 is 4.90 Å². The van der Waals surface area contributed by atoms with E-state index in [9.17, 15) is 9.59 Å². The fourth-order valence-electron chi connectivity index (χ4n) is 2.24. The van der Waals surface area contributed by atoms with Gasteiger partial charge in [0.1, 0.15) is 0 Å². The van der Waals surface area contributed by atoms with E-state index in [2.05, 4.69) is 4.98 Å². The van der Waals surface area contributed by atoms with Crippen LogP contribution in [0.3, 0.4) is 0 Å². The summed E-state index contributed by atoms with van der Waals surface area (Å²) in [7, 11) is 0. The monoisotopic (exact) mass is 298 g/mol. The predicted molar refractivity (Wildman–Crippen MR) is 75.5 cm³/mol. The molecule has 0 radical (unpaired) electrons. The van der Waals surface area contributed by atoms with Crippen molar-refractivity contribution in [2.24, 2.45) is 0 Å². The number of aromatic nitrogens is 1. The number of aliphatic carboxylic acids is 2. The molecule has 0 aromatic carbocycles. The lowest BCUT2D eigenvalue weighted by Crippen LogP contribution is -2.28. The van der Waals surface area contributed by atoms with Gasteiger partial charge < -0.3 is 15.1 Å². The normalized spacial score (nSPS) is 13.8. The van der Waals surface area contributed by atoms with Gasteiger partial charge in [-0.15, -0.1) is 11.3 Å². The lowest BCUT2D eigenvalue weighted by Gasteiger charge is -2.19. The summed E-state index contributed by atoms with van der Waals surface area (Å²) < 4.78 is 0. The summed E-state index contributed by atoms with van der Waals surface area (Å²) in [5.41, 5.74) is 1.10. The molecule has 1 heterocycles. The molecule has 0 unspecified atom stereocenters. The second kappa shape index (κ2) is 6.69. The Hall–Kier alpha value is -1.63. The number of hydrogen-bond acceptors (Lipinski definition) is 5. The Kier molecular flexibility index (Phi) is 4.94. The van der Waals surface area contributed by atoms with E-state index < -0.39 is 11.9 Å². The molecule has 0 atom stereocenters. The summed E-state index contributed by atoms with van der Waals surface area (Å²) in [5.74, 6) is -1.77. The summed E-state index contributed by atoms with van der Waals surface area (Å²) in [6, 6.07) is 0. The highest BCUT2D eigenvalue weighted by atomic mass is 32.1. The van der Waals surface area contributed by atoms with E-state index >= 15 is 0 Å². The molecule has 2 N–H and O–H groups in total. The molecule has 20 heavy (non-hydrogen) atoms. The van der Waals surface area contributed by atoms with Crippen molar-refractivity contribution in [1.29, 1.82) is 0 Å². The molecule has 0 bridgehead atoms. The maximum atomic E-state index is 10.7. The molecule has 0 saturated heterocycles. The first-order chi connectivity index (χ1) is 9.56. The number of carbonyl (C=O) groups is 2. The van der Waals surface area contributed by atoms with E-state index in [-0.39, 0.29) is 12.8 Å². The zero-order chi connectivity index (χ0) is 14.5. The third-order valence-electron chi connectivity index (χ3n) is 3.30. The van der Waals surface area contributed by atoms with E-state index in [0.717, 1.165) is 30.1 Å². The zero-order valence-electron chi connectivity index (χ0n) is 11.2. The number of nitrogens with zero attached hydrogens (tertiary/aromatic N) is 2. The van der Waals surface area contributed by atoms with Crippen molar-refractivity contribution in [3.05, 3.63) is 10.6 Å². The fourth-order valence-corrected chi connectivity index (χ4v) is 3.44. The van der Waals surface area contributed by atoms with Crippen molar-refractivity contribution >= 4 is 28.4 Å². The first-order valence-corrected chi connectivity index (χ1v) is 7.55. The minimum Gasteiger partial charge on any atom is -0.481 e. The highest BCUT2D eigenvalue weighted by molar-refractivity contribution is 7.15. The average Bonchev–Trinajstić information content (AvgIpc) is 2.81. The van der Waals surface area contributed by atoms with Crippen molar-refractivity contribution in [3.8, 4) is 0 Å². The van der Waals surface area contributed by atoms with Crippen LogP contribution in [0, 0.1) is 0 Å². The van der Waals surface area contributed by atoms with Crippen LogP contribution in [0.2, 0.25) is 0 Å². The highest BCUT2D eigenvalue weighted by Gasteiger charge is 2.19. The van der Waals surface area contributed by atoms with Crippen LogP contribution in [0.1, 0.15) is 36.3 Å². The molecule has 0 saturated carbocycles. The molecule has 0 amide bonds. The van der Waals surface area contributed by atoms with Gasteiger partial charge in [0.25, 0.3) is 0 Å². The molecule has 110 valence electrons. The van der Waals surface area contributed by atoms with Crippen molar-refractivity contribution in [2.45, 2.75) is 38.5 Å². The third-order valence-corrected chi connectivity index (χ3v) is 4.51. The number of carboxylic acid groups (broad SMARTS) is 2. The summed E-state index contributed by atoms with van der Waals surface area (Å²) in [5, 5.41) is 18.3. The molecule has 1 aromatic heterocycles. The lowest BCUT2D eigenvalue weighted by molar-refractivity contribution is -0.137. The molecular formula is C13H18N2O4S. The van der Waals surface area contributed by atoms with Gasteiger partial charge in [0.15, 0.2) is 5.13 Å². The summed E-state index contributed by atoms with van der Waals surface area (Å²) in [6.45, 7) is 0.601. The van der Waals surface area contributed by atoms with Crippen LogP contribution >= 0.6 is 11.3 Å². The fraction of sp³-hybridized carbons (Fsp3) is 0.615. The van der Waals surface area contributed by atoms with Crippen LogP contribution in [0.5, 0.6) is 0 Å². The molecule has 1 aliphatic rings. The van der Waals surface area contributed by atoms with Gasteiger partial charge in [0, 0.05) is 18.0 Å². The second-order valence-electron chi connectivity index (χ2n) is 4.85. The Morgan fingerprint density at radius 1 is 1.10 bits per heavy atom. The van der Waals surface area contributed by atoms with Crippen molar-refractivity contribution in [3.63, 3.8) is 0 Å². The van der Waals surface area contributed by atoms with E-state index in [1.807, 2.05) is 0 Å². The molecule has 1 aliphatic carbocycles. The van der Waals surface area contributed by atoms with Crippen LogP contribution in [0.4, 0.5) is 5.13 Å². The van der Waals surface area contributed by atoms with E-state index in [1.54, 1.807) is 16.2 Å². The molecular weight excluding hydrogens is 280 g/mol. The van der Waals surface area contributed by atoms with E-state index in [0.29, 0.717) is 13.1 Å². The Bertz CT molecular complexity index is 459. The number of carboxylic acids is 2. The number of anilines is 1. The van der Waals surface area contributed by atoms with Crippen LogP contribution in [0.25, 0.3) is 0 Å². The van der Waals surface area contributed by atoms with Gasteiger partial charge in [0.05, 0.1) is 18.5 Å². The Morgan fingerprint density at radius 2 is 1.70 bits per heavy atom. The molecule has 6 nitrogen and oxygen atoms in total. The van der Waals surface area contributed by atoms with Gasteiger partial charge >= 0.3 is 11.9 Å². The SMILES string of the molecule is O=C(O)CCN(CCC(=O)O)c1nc2c(s1)CCCC2. The minimum atomic E-state index is -0.883. The summed E-state index contributed by atoms with van der Waals surface area (Å²) >= 11 is 1.58. The Morgan fingerprint density at radius 3 is 2.25 bits per heavy atom. The van der Waals surface area contributed by atoms with E-state index in [4.69, 9.17) is 10.2 Å². The van der Waals surface area contributed by atoms with Gasteiger partial charge in [-0.25, -0.2) is 4.98 Å². The van der Waals surface area contributed by atoms with Gasteiger partial charge in [-0.2, -0.15) is 0 Å². The standard InChI is InChI=1S/C13H18N2O4S/c16-11(17)5-7-15(8-6-12(18)19)13-14-9-3-1-2-4-10(9)20-13/h1-8H2,(H,16,17)(H,18,19). The lowest BCUT2D eigenvalue weighted by atomic mass is 10.0. The zero-order valence-corrected chi connectivity index (χ0v) is 12.0. The largest absolute Gasteiger partial charge is 0.481 e. The van der Waals surface area contributed by atoms with Gasteiger partial charge in [-0.05, 0) is 25.7 Å². The average molecular weight is 298 g/mol. The topological polar surface area (TPSA) is 90.7 Å². The number of thiazole rings is 1. The maximum absolute atomic E-state index is 10.7. The van der Waals surface area contributed by atoms with Crippen LogP contribution in [-0.4, -0.2) is 40.2 Å². The molecule has 7 heteroatoms. The number of rotatable bonds is 7. The quantitative estimate of drug-likeness (QED) is 0.797. The first kappa shape index (κ1) is 14.8. The Labute approximate surface area is 121 Å². The van der Waals surface area contributed by atoms with Crippen molar-refractivity contribution in [2.75, 3.05) is 18.0 Å². The molecule has 0 spiro atoms. The smallest absolute Gasteiger partial charge is 0.305 e. The predicted octanol–water partition coefficient (Wildman–Crippen LogP) is 1.78. The highest BCUT2D eigenvalue weighted by Crippen LogP contribution is 2.31. The Balaban J connectivity index is 2.09. The van der Waals surface area contributed by atoms with Gasteiger partial charge in [0.2, 0.25) is 0 Å². The molecule has 2 rings (SSSR count). The third kappa shape index (κ3) is 3.93. The van der Waals surface area contributed by atoms with Crippen LogP contribution in [0.15, 0.2) is 0 Å². The summed E-state index contributed by atoms with van der Waals surface area (Å²) in [4.78, 5) is 29.0. The van der Waals surface area contributed by atoms with Gasteiger partial charge in [-0.3, -0.25) is 9.59 Å². The molecule has 1 aromatic rings. The van der Waals surface area contributed by atoms with Gasteiger partial charge in [-0.1, -0.05) is 0 Å². The van der Waals surface area contributed by atoms with Crippen LogP contribution in [-0.2, 0) is 22.4 Å². The van der Waals surface area contributed by atoms with Crippen molar-refractivity contribution in [1.82, 2.24) is 4.98 Å². The maximum Gasteiger partial charge on any atom is 0.305 e. The number of aryl methyl sites for hydroxylation is 2. The summed E-state index contributed by atoms with van der Waals surface area (Å²) in [6.07, 6.45) is 4.28. The van der Waals surface area contributed by atoms with E-state index in [1.165, 1.54) is 11.3 Å². The minimum absolute atomic E-state index is 0.0101. The first-order valence-electron chi connectivity index (χ1n) is 6.73. The second-order valence-corrected chi connectivity index (χ2v) is 5.91. The number of hydrogen-bond donors (Lipinski definition) is 2. The number of fused-ring (bicyclic) bond motifs is 1.